The number of hydrogen-bond donors (Lipinski definition) is 1. The molecular formula is C22H26Cl2N2O3. The molecule has 1 atom stereocenters. The van der Waals surface area contributed by atoms with Crippen LogP contribution in [-0.4, -0.2) is 35.9 Å². The molecule has 0 aliphatic heterocycles. The largest absolute Gasteiger partial charge is 0.483 e. The molecule has 7 heteroatoms. The molecule has 0 radical (unpaired) electrons. The highest BCUT2D eigenvalue weighted by molar-refractivity contribution is 6.36. The Morgan fingerprint density at radius 1 is 1.10 bits per heavy atom. The number of likely N-dealkylation sites (N-methyl/N-ethyl adjacent to an activating group) is 1. The van der Waals surface area contributed by atoms with Crippen molar-refractivity contribution in [1.82, 2.24) is 10.2 Å². The number of aryl methyl sites for hydroxylation is 1. The van der Waals surface area contributed by atoms with Crippen LogP contribution in [-0.2, 0) is 16.1 Å². The third-order valence-electron chi connectivity index (χ3n) is 4.81. The molecule has 0 aromatic heterocycles. The van der Waals surface area contributed by atoms with Crippen LogP contribution in [0.5, 0.6) is 5.75 Å². The zero-order valence-electron chi connectivity index (χ0n) is 17.1. The van der Waals surface area contributed by atoms with E-state index in [1.165, 1.54) is 4.90 Å². The Morgan fingerprint density at radius 2 is 1.72 bits per heavy atom. The first-order chi connectivity index (χ1) is 13.8. The highest BCUT2D eigenvalue weighted by atomic mass is 35.5. The van der Waals surface area contributed by atoms with Crippen LogP contribution < -0.4 is 10.1 Å². The number of amides is 2. The maximum atomic E-state index is 13.0. The first-order valence-corrected chi connectivity index (χ1v) is 10.2. The molecule has 0 spiro atoms. The van der Waals surface area contributed by atoms with Crippen molar-refractivity contribution in [2.45, 2.75) is 40.3 Å². The van der Waals surface area contributed by atoms with E-state index in [2.05, 4.69) is 5.32 Å². The van der Waals surface area contributed by atoms with E-state index in [0.29, 0.717) is 27.9 Å². The van der Waals surface area contributed by atoms with Crippen molar-refractivity contribution < 1.29 is 14.3 Å². The lowest BCUT2D eigenvalue weighted by Crippen LogP contribution is -2.49. The van der Waals surface area contributed by atoms with Gasteiger partial charge in [0.15, 0.2) is 6.61 Å². The summed E-state index contributed by atoms with van der Waals surface area (Å²) in [5.74, 6) is 0.0520. The first kappa shape index (κ1) is 23.0. The van der Waals surface area contributed by atoms with Crippen LogP contribution in [0.15, 0.2) is 36.4 Å². The molecule has 0 fully saturated rings. The smallest absolute Gasteiger partial charge is 0.261 e. The van der Waals surface area contributed by atoms with Gasteiger partial charge in [0.1, 0.15) is 11.8 Å². The lowest BCUT2D eigenvalue weighted by atomic mass is 10.1. The zero-order chi connectivity index (χ0) is 21.6. The fourth-order valence-corrected chi connectivity index (χ4v) is 3.38. The third kappa shape index (κ3) is 5.87. The molecule has 0 bridgehead atoms. The van der Waals surface area contributed by atoms with Crippen LogP contribution in [0.25, 0.3) is 0 Å². The summed E-state index contributed by atoms with van der Waals surface area (Å²) in [6.45, 7) is 7.79. The van der Waals surface area contributed by atoms with Gasteiger partial charge in [-0.15, -0.1) is 0 Å². The minimum Gasteiger partial charge on any atom is -0.483 e. The quantitative estimate of drug-likeness (QED) is 0.660. The van der Waals surface area contributed by atoms with Gasteiger partial charge in [-0.3, -0.25) is 9.59 Å². The molecule has 2 amide bonds. The molecule has 29 heavy (non-hydrogen) atoms. The van der Waals surface area contributed by atoms with Crippen molar-refractivity contribution in [3.05, 3.63) is 63.1 Å². The van der Waals surface area contributed by atoms with Crippen molar-refractivity contribution in [2.24, 2.45) is 0 Å². The SMILES string of the molecule is CCNC(=O)C(C)N(Cc1c(Cl)cccc1Cl)C(=O)COc1cccc(C)c1C. The van der Waals surface area contributed by atoms with Gasteiger partial charge in [-0.1, -0.05) is 41.4 Å². The Bertz CT molecular complexity index is 866. The van der Waals surface area contributed by atoms with E-state index >= 15 is 0 Å². The average molecular weight is 437 g/mol. The summed E-state index contributed by atoms with van der Waals surface area (Å²) < 4.78 is 5.76. The second-order valence-electron chi connectivity index (χ2n) is 6.78. The minimum absolute atomic E-state index is 0.103. The summed E-state index contributed by atoms with van der Waals surface area (Å²) in [6.07, 6.45) is 0. The van der Waals surface area contributed by atoms with Gasteiger partial charge >= 0.3 is 0 Å². The Labute approximate surface area is 181 Å². The Balaban J connectivity index is 2.24. The van der Waals surface area contributed by atoms with Gasteiger partial charge in [0.25, 0.3) is 5.91 Å². The molecule has 1 N–H and O–H groups in total. The van der Waals surface area contributed by atoms with E-state index < -0.39 is 6.04 Å². The first-order valence-electron chi connectivity index (χ1n) is 9.45. The highest BCUT2D eigenvalue weighted by Crippen LogP contribution is 2.27. The molecule has 0 aliphatic rings. The lowest BCUT2D eigenvalue weighted by Gasteiger charge is -2.29. The summed E-state index contributed by atoms with van der Waals surface area (Å²) in [5, 5.41) is 3.62. The molecule has 156 valence electrons. The van der Waals surface area contributed by atoms with Crippen LogP contribution >= 0.6 is 23.2 Å². The summed E-state index contributed by atoms with van der Waals surface area (Å²) >= 11 is 12.6. The molecule has 0 saturated carbocycles. The summed E-state index contributed by atoms with van der Waals surface area (Å²) in [4.78, 5) is 26.9. The normalized spacial score (nSPS) is 11.7. The molecule has 2 aromatic carbocycles. The maximum absolute atomic E-state index is 13.0. The fraction of sp³-hybridized carbons (Fsp3) is 0.364. The molecule has 1 unspecified atom stereocenters. The van der Waals surface area contributed by atoms with Crippen LogP contribution in [0.4, 0.5) is 0 Å². The lowest BCUT2D eigenvalue weighted by molar-refractivity contribution is -0.142. The maximum Gasteiger partial charge on any atom is 0.261 e. The van der Waals surface area contributed by atoms with Crippen LogP contribution in [0, 0.1) is 13.8 Å². The minimum atomic E-state index is -0.711. The zero-order valence-corrected chi connectivity index (χ0v) is 18.6. The number of carbonyl (C=O) groups is 2. The van der Waals surface area contributed by atoms with Gasteiger partial charge < -0.3 is 15.0 Å². The molecule has 2 rings (SSSR count). The third-order valence-corrected chi connectivity index (χ3v) is 5.52. The highest BCUT2D eigenvalue weighted by Gasteiger charge is 2.27. The number of rotatable bonds is 8. The van der Waals surface area contributed by atoms with Crippen molar-refractivity contribution in [3.8, 4) is 5.75 Å². The predicted molar refractivity (Wildman–Crippen MR) is 117 cm³/mol. The van der Waals surface area contributed by atoms with Gasteiger partial charge in [0.05, 0.1) is 0 Å². The van der Waals surface area contributed by atoms with Gasteiger partial charge in [-0.05, 0) is 57.0 Å². The standard InChI is InChI=1S/C22H26Cl2N2O3/c1-5-25-22(28)16(4)26(12-17-18(23)9-7-10-19(17)24)21(27)13-29-20-11-6-8-14(2)15(20)3/h6-11,16H,5,12-13H2,1-4H3,(H,25,28). The average Bonchev–Trinajstić information content (AvgIpc) is 2.68. The second kappa shape index (κ2) is 10.5. The molecule has 0 saturated heterocycles. The number of hydrogen-bond acceptors (Lipinski definition) is 3. The van der Waals surface area contributed by atoms with Crippen LogP contribution in [0.2, 0.25) is 10.0 Å². The summed E-state index contributed by atoms with van der Waals surface area (Å²) in [7, 11) is 0. The van der Waals surface area contributed by atoms with Crippen LogP contribution in [0.1, 0.15) is 30.5 Å². The topological polar surface area (TPSA) is 58.6 Å². The number of nitrogens with one attached hydrogen (secondary N) is 1. The van der Waals surface area contributed by atoms with E-state index in [9.17, 15) is 9.59 Å². The number of benzene rings is 2. The van der Waals surface area contributed by atoms with Crippen LogP contribution in [0.3, 0.4) is 0 Å². The number of carbonyl (C=O) groups excluding carboxylic acids is 2. The van der Waals surface area contributed by atoms with Gasteiger partial charge in [-0.2, -0.15) is 0 Å². The molecule has 2 aromatic rings. The number of ether oxygens (including phenoxy) is 1. The summed E-state index contributed by atoms with van der Waals surface area (Å²) in [6, 6.07) is 10.1. The van der Waals surface area contributed by atoms with Gasteiger partial charge in [-0.25, -0.2) is 0 Å². The molecule has 0 heterocycles. The molecule has 5 nitrogen and oxygen atoms in total. The molecule has 0 aliphatic carbocycles. The second-order valence-corrected chi connectivity index (χ2v) is 7.59. The van der Waals surface area contributed by atoms with Gasteiger partial charge in [0.2, 0.25) is 5.91 Å². The summed E-state index contributed by atoms with van der Waals surface area (Å²) in [5.41, 5.74) is 2.63. The fourth-order valence-electron chi connectivity index (χ4n) is 2.86. The monoisotopic (exact) mass is 436 g/mol. The Hall–Kier alpha value is -2.24. The van der Waals surface area contributed by atoms with E-state index in [1.807, 2.05) is 39.0 Å². The number of halogens is 2. The molecular weight excluding hydrogens is 411 g/mol. The van der Waals surface area contributed by atoms with E-state index in [1.54, 1.807) is 25.1 Å². The Kier molecular flexibility index (Phi) is 8.35. The number of nitrogens with zero attached hydrogens (tertiary/aromatic N) is 1. The van der Waals surface area contributed by atoms with Gasteiger partial charge in [0, 0.05) is 28.7 Å². The van der Waals surface area contributed by atoms with Crippen molar-refractivity contribution >= 4 is 35.0 Å². The van der Waals surface area contributed by atoms with Crippen molar-refractivity contribution in [1.29, 1.82) is 0 Å². The van der Waals surface area contributed by atoms with E-state index in [-0.39, 0.29) is 25.0 Å². The Morgan fingerprint density at radius 3 is 2.34 bits per heavy atom. The van der Waals surface area contributed by atoms with E-state index in [0.717, 1.165) is 11.1 Å². The van der Waals surface area contributed by atoms with E-state index in [4.69, 9.17) is 27.9 Å². The van der Waals surface area contributed by atoms with Crippen molar-refractivity contribution in [3.63, 3.8) is 0 Å². The van der Waals surface area contributed by atoms with Crippen molar-refractivity contribution in [2.75, 3.05) is 13.2 Å². The predicted octanol–water partition coefficient (Wildman–Crippen LogP) is 4.54.